The third kappa shape index (κ3) is 6.55. The molecule has 2 amide bonds. The smallest absolute Gasteiger partial charge is 0.242 e. The zero-order chi connectivity index (χ0) is 19.8. The Balaban J connectivity index is 2.18. The molecule has 0 saturated carbocycles. The minimum atomic E-state index is -0.527. The van der Waals surface area contributed by atoms with E-state index in [1.165, 1.54) is 0 Å². The Hall–Kier alpha value is -2.62. The molecular weight excluding hydrogens is 336 g/mol. The second-order valence-electron chi connectivity index (χ2n) is 7.49. The van der Waals surface area contributed by atoms with Crippen LogP contribution in [0.25, 0.3) is 0 Å². The Morgan fingerprint density at radius 1 is 0.963 bits per heavy atom. The summed E-state index contributed by atoms with van der Waals surface area (Å²) in [4.78, 5) is 27.3. The molecule has 0 unspecified atom stereocenters. The third-order valence-electron chi connectivity index (χ3n) is 4.49. The fourth-order valence-corrected chi connectivity index (χ4v) is 2.91. The molecule has 1 atom stereocenters. The molecule has 0 heterocycles. The summed E-state index contributed by atoms with van der Waals surface area (Å²) in [5.41, 5.74) is 3.12. The molecule has 27 heavy (non-hydrogen) atoms. The zero-order valence-corrected chi connectivity index (χ0v) is 16.7. The maximum Gasteiger partial charge on any atom is 0.242 e. The zero-order valence-electron chi connectivity index (χ0n) is 16.7. The molecule has 4 heteroatoms. The van der Waals surface area contributed by atoms with Crippen LogP contribution in [0.5, 0.6) is 0 Å². The van der Waals surface area contributed by atoms with Gasteiger partial charge in [-0.15, -0.1) is 0 Å². The Labute approximate surface area is 162 Å². The summed E-state index contributed by atoms with van der Waals surface area (Å²) < 4.78 is 0. The van der Waals surface area contributed by atoms with Gasteiger partial charge in [0.15, 0.2) is 0 Å². The Bertz CT molecular complexity index is 756. The second-order valence-corrected chi connectivity index (χ2v) is 7.49. The van der Waals surface area contributed by atoms with E-state index >= 15 is 0 Å². The minimum absolute atomic E-state index is 0.0464. The van der Waals surface area contributed by atoms with Crippen molar-refractivity contribution in [2.45, 2.75) is 46.7 Å². The number of aryl methyl sites for hydroxylation is 1. The van der Waals surface area contributed by atoms with Crippen molar-refractivity contribution in [3.05, 3.63) is 71.3 Å². The highest BCUT2D eigenvalue weighted by molar-refractivity contribution is 5.88. The minimum Gasteiger partial charge on any atom is -0.354 e. The molecule has 0 spiro atoms. The molecule has 4 nitrogen and oxygen atoms in total. The molecule has 1 N–H and O–H groups in total. The van der Waals surface area contributed by atoms with E-state index in [1.807, 2.05) is 55.5 Å². The van der Waals surface area contributed by atoms with E-state index in [4.69, 9.17) is 0 Å². The first-order valence-corrected chi connectivity index (χ1v) is 9.53. The van der Waals surface area contributed by atoms with Crippen LogP contribution < -0.4 is 5.32 Å². The van der Waals surface area contributed by atoms with Crippen LogP contribution in [0.1, 0.15) is 37.5 Å². The van der Waals surface area contributed by atoms with Gasteiger partial charge in [-0.1, -0.05) is 74.0 Å². The van der Waals surface area contributed by atoms with Gasteiger partial charge >= 0.3 is 0 Å². The quantitative estimate of drug-likeness (QED) is 0.774. The highest BCUT2D eigenvalue weighted by Crippen LogP contribution is 2.14. The van der Waals surface area contributed by atoms with Crippen molar-refractivity contribution in [3.63, 3.8) is 0 Å². The lowest BCUT2D eigenvalue weighted by molar-refractivity contribution is -0.140. The van der Waals surface area contributed by atoms with Crippen LogP contribution in [-0.4, -0.2) is 29.3 Å². The van der Waals surface area contributed by atoms with Crippen LogP contribution in [0.15, 0.2) is 54.6 Å². The average Bonchev–Trinajstić information content (AvgIpc) is 2.64. The van der Waals surface area contributed by atoms with Gasteiger partial charge in [0.05, 0.1) is 6.42 Å². The van der Waals surface area contributed by atoms with Crippen LogP contribution in [0, 0.1) is 12.8 Å². The topological polar surface area (TPSA) is 49.4 Å². The number of hydrogen-bond acceptors (Lipinski definition) is 2. The van der Waals surface area contributed by atoms with E-state index in [9.17, 15) is 9.59 Å². The van der Waals surface area contributed by atoms with Crippen LogP contribution >= 0.6 is 0 Å². The highest BCUT2D eigenvalue weighted by Gasteiger charge is 2.26. The van der Waals surface area contributed by atoms with E-state index < -0.39 is 6.04 Å². The van der Waals surface area contributed by atoms with E-state index in [-0.39, 0.29) is 18.2 Å². The standard InChI is InChI=1S/C23H30N2O2/c1-17(2)15-24-23(27)19(4)25(16-21-12-8-9-18(3)13-21)22(26)14-20-10-6-5-7-11-20/h5-13,17,19H,14-16H2,1-4H3,(H,24,27)/t19-/m0/s1. The molecular formula is C23H30N2O2. The summed E-state index contributed by atoms with van der Waals surface area (Å²) in [7, 11) is 0. The van der Waals surface area contributed by atoms with Crippen molar-refractivity contribution >= 4 is 11.8 Å². The fraction of sp³-hybridized carbons (Fsp3) is 0.391. The molecule has 2 rings (SSSR count). The second kappa shape index (κ2) is 9.91. The summed E-state index contributed by atoms with van der Waals surface area (Å²) in [6.07, 6.45) is 0.286. The lowest BCUT2D eigenvalue weighted by Gasteiger charge is -2.29. The molecule has 0 fully saturated rings. The summed E-state index contributed by atoms with van der Waals surface area (Å²) in [5.74, 6) is 0.207. The van der Waals surface area contributed by atoms with Crippen molar-refractivity contribution in [1.82, 2.24) is 10.2 Å². The summed E-state index contributed by atoms with van der Waals surface area (Å²) >= 11 is 0. The average molecular weight is 367 g/mol. The number of carbonyl (C=O) groups is 2. The van der Waals surface area contributed by atoms with Gasteiger partial charge in [0.1, 0.15) is 6.04 Å². The van der Waals surface area contributed by atoms with E-state index in [2.05, 4.69) is 25.2 Å². The van der Waals surface area contributed by atoms with Gasteiger partial charge in [-0.05, 0) is 30.9 Å². The van der Waals surface area contributed by atoms with Crippen LogP contribution in [0.4, 0.5) is 0 Å². The molecule has 0 radical (unpaired) electrons. The molecule has 0 saturated heterocycles. The number of nitrogens with one attached hydrogen (secondary N) is 1. The first-order valence-electron chi connectivity index (χ1n) is 9.53. The van der Waals surface area contributed by atoms with Crippen molar-refractivity contribution in [2.24, 2.45) is 5.92 Å². The Morgan fingerprint density at radius 3 is 2.26 bits per heavy atom. The van der Waals surface area contributed by atoms with Gasteiger partial charge in [-0.3, -0.25) is 9.59 Å². The van der Waals surface area contributed by atoms with Gasteiger partial charge < -0.3 is 10.2 Å². The predicted molar refractivity (Wildman–Crippen MR) is 109 cm³/mol. The first kappa shape index (κ1) is 20.7. The maximum absolute atomic E-state index is 13.0. The number of hydrogen-bond donors (Lipinski definition) is 1. The molecule has 0 bridgehead atoms. The van der Waals surface area contributed by atoms with Crippen LogP contribution in [0.2, 0.25) is 0 Å². The Kier molecular flexibility index (Phi) is 7.59. The molecule has 0 aliphatic heterocycles. The van der Waals surface area contributed by atoms with Crippen molar-refractivity contribution in [3.8, 4) is 0 Å². The van der Waals surface area contributed by atoms with Gasteiger partial charge in [0.25, 0.3) is 0 Å². The number of rotatable bonds is 8. The summed E-state index contributed by atoms with van der Waals surface area (Å²) in [6, 6.07) is 17.2. The van der Waals surface area contributed by atoms with E-state index in [0.29, 0.717) is 19.0 Å². The summed E-state index contributed by atoms with van der Waals surface area (Å²) in [5, 5.41) is 2.95. The van der Waals surface area contributed by atoms with Crippen molar-refractivity contribution < 1.29 is 9.59 Å². The number of nitrogens with zero attached hydrogens (tertiary/aromatic N) is 1. The molecule has 2 aromatic rings. The predicted octanol–water partition coefficient (Wildman–Crippen LogP) is 3.73. The lowest BCUT2D eigenvalue weighted by atomic mass is 10.1. The molecule has 144 valence electrons. The summed E-state index contributed by atoms with van der Waals surface area (Å²) in [6.45, 7) is 8.96. The van der Waals surface area contributed by atoms with Gasteiger partial charge in [0, 0.05) is 13.1 Å². The third-order valence-corrected chi connectivity index (χ3v) is 4.49. The van der Waals surface area contributed by atoms with Gasteiger partial charge in [-0.2, -0.15) is 0 Å². The molecule has 2 aromatic carbocycles. The van der Waals surface area contributed by atoms with Gasteiger partial charge in [0.2, 0.25) is 11.8 Å². The van der Waals surface area contributed by atoms with Crippen molar-refractivity contribution in [1.29, 1.82) is 0 Å². The number of benzene rings is 2. The number of amides is 2. The van der Waals surface area contributed by atoms with E-state index in [1.54, 1.807) is 11.8 Å². The lowest BCUT2D eigenvalue weighted by Crippen LogP contribution is -2.48. The van der Waals surface area contributed by atoms with Crippen LogP contribution in [-0.2, 0) is 22.6 Å². The molecule has 0 aromatic heterocycles. The number of carbonyl (C=O) groups excluding carboxylic acids is 2. The fourth-order valence-electron chi connectivity index (χ4n) is 2.91. The Morgan fingerprint density at radius 2 is 1.63 bits per heavy atom. The highest BCUT2D eigenvalue weighted by atomic mass is 16.2. The molecule has 0 aliphatic rings. The molecule has 0 aliphatic carbocycles. The largest absolute Gasteiger partial charge is 0.354 e. The maximum atomic E-state index is 13.0. The monoisotopic (exact) mass is 366 g/mol. The first-order chi connectivity index (χ1) is 12.9. The van der Waals surface area contributed by atoms with Crippen molar-refractivity contribution in [2.75, 3.05) is 6.54 Å². The van der Waals surface area contributed by atoms with Crippen LogP contribution in [0.3, 0.4) is 0 Å². The SMILES string of the molecule is Cc1cccc(CN(C(=O)Cc2ccccc2)[C@@H](C)C(=O)NCC(C)C)c1. The normalized spacial score (nSPS) is 11.9. The van der Waals surface area contributed by atoms with E-state index in [0.717, 1.165) is 16.7 Å². The van der Waals surface area contributed by atoms with Gasteiger partial charge in [-0.25, -0.2) is 0 Å².